The van der Waals surface area contributed by atoms with Crippen molar-refractivity contribution < 1.29 is 31.1 Å². The van der Waals surface area contributed by atoms with Crippen LogP contribution in [0.4, 0.5) is 26.3 Å². The summed E-state index contributed by atoms with van der Waals surface area (Å²) < 4.78 is 76.1. The molecule has 0 amide bonds. The highest BCUT2D eigenvalue weighted by Gasteiger charge is 2.57. The van der Waals surface area contributed by atoms with E-state index in [1.807, 2.05) is 13.8 Å². The van der Waals surface area contributed by atoms with E-state index < -0.39 is 25.1 Å². The molecule has 0 aromatic heterocycles. The fourth-order valence-electron chi connectivity index (χ4n) is 1.14. The van der Waals surface area contributed by atoms with Gasteiger partial charge in [-0.15, -0.1) is 0 Å². The molecule has 0 radical (unpaired) electrons. The predicted octanol–water partition coefficient (Wildman–Crippen LogP) is 3.13. The van der Waals surface area contributed by atoms with E-state index in [0.29, 0.717) is 12.5 Å². The number of halogens is 6. The third-order valence-electron chi connectivity index (χ3n) is 2.06. The highest BCUT2D eigenvalue weighted by molar-refractivity contribution is 4.76. The van der Waals surface area contributed by atoms with E-state index in [1.165, 1.54) is 0 Å². The first kappa shape index (κ1) is 17.5. The molecule has 0 fully saturated rings. The standard InChI is InChI=1S/C10H17F6NO/c1-7(2)3-4-17-5-6-18-8(9(11,12)13)10(14,15)16/h7-8,17H,3-6H2,1-2H3. The first-order valence-electron chi connectivity index (χ1n) is 5.51. The van der Waals surface area contributed by atoms with Gasteiger partial charge >= 0.3 is 12.4 Å². The Morgan fingerprint density at radius 1 is 0.944 bits per heavy atom. The third-order valence-corrected chi connectivity index (χ3v) is 2.06. The van der Waals surface area contributed by atoms with Crippen LogP contribution >= 0.6 is 0 Å². The number of ether oxygens (including phenoxy) is 1. The quantitative estimate of drug-likeness (QED) is 0.572. The van der Waals surface area contributed by atoms with E-state index >= 15 is 0 Å². The van der Waals surface area contributed by atoms with Crippen LogP contribution in [0, 0.1) is 5.92 Å². The molecule has 2 nitrogen and oxygen atoms in total. The molecule has 0 aliphatic heterocycles. The second-order valence-corrected chi connectivity index (χ2v) is 4.27. The van der Waals surface area contributed by atoms with E-state index in [1.54, 1.807) is 0 Å². The normalized spacial score (nSPS) is 13.7. The van der Waals surface area contributed by atoms with Crippen molar-refractivity contribution in [3.8, 4) is 0 Å². The number of hydrogen-bond donors (Lipinski definition) is 1. The average Bonchev–Trinajstić information content (AvgIpc) is 2.11. The Hall–Kier alpha value is -0.500. The molecule has 18 heavy (non-hydrogen) atoms. The molecule has 0 aliphatic rings. The summed E-state index contributed by atoms with van der Waals surface area (Å²) in [6.45, 7) is 3.77. The minimum Gasteiger partial charge on any atom is -0.360 e. The Bertz CT molecular complexity index is 211. The molecule has 0 heterocycles. The fraction of sp³-hybridized carbons (Fsp3) is 1.00. The molecular weight excluding hydrogens is 264 g/mol. The minimum absolute atomic E-state index is 0.0462. The molecule has 0 saturated heterocycles. The minimum atomic E-state index is -5.43. The van der Waals surface area contributed by atoms with Crippen LogP contribution < -0.4 is 5.32 Å². The highest BCUT2D eigenvalue weighted by Crippen LogP contribution is 2.35. The van der Waals surface area contributed by atoms with Gasteiger partial charge in [-0.2, -0.15) is 26.3 Å². The van der Waals surface area contributed by atoms with Crippen LogP contribution in [0.1, 0.15) is 20.3 Å². The van der Waals surface area contributed by atoms with Crippen molar-refractivity contribution in [2.45, 2.75) is 38.7 Å². The third kappa shape index (κ3) is 7.75. The van der Waals surface area contributed by atoms with Crippen LogP contribution in [0.5, 0.6) is 0 Å². The number of rotatable bonds is 7. The lowest BCUT2D eigenvalue weighted by molar-refractivity contribution is -0.321. The summed E-state index contributed by atoms with van der Waals surface area (Å²) in [5, 5.41) is 2.72. The zero-order valence-electron chi connectivity index (χ0n) is 10.2. The molecule has 1 N–H and O–H groups in total. The first-order chi connectivity index (χ1) is 8.05. The van der Waals surface area contributed by atoms with Gasteiger partial charge in [0, 0.05) is 6.54 Å². The molecule has 8 heteroatoms. The van der Waals surface area contributed by atoms with E-state index in [9.17, 15) is 26.3 Å². The summed E-state index contributed by atoms with van der Waals surface area (Å²) in [7, 11) is 0. The smallest absolute Gasteiger partial charge is 0.360 e. The zero-order chi connectivity index (χ0) is 14.4. The van der Waals surface area contributed by atoms with Crippen LogP contribution in [0.15, 0.2) is 0 Å². The molecule has 0 unspecified atom stereocenters. The summed E-state index contributed by atoms with van der Waals surface area (Å²) in [5.41, 5.74) is 0. The van der Waals surface area contributed by atoms with Crippen LogP contribution in [0.2, 0.25) is 0 Å². The maximum atomic E-state index is 12.0. The maximum absolute atomic E-state index is 12.0. The zero-order valence-corrected chi connectivity index (χ0v) is 10.2. The Labute approximate surface area is 102 Å². The Morgan fingerprint density at radius 3 is 1.83 bits per heavy atom. The Kier molecular flexibility index (Phi) is 6.98. The van der Waals surface area contributed by atoms with E-state index in [-0.39, 0.29) is 6.54 Å². The molecule has 0 atom stereocenters. The number of hydrogen-bond acceptors (Lipinski definition) is 2. The molecular formula is C10H17F6NO. The van der Waals surface area contributed by atoms with E-state index in [2.05, 4.69) is 10.1 Å². The largest absolute Gasteiger partial charge is 0.423 e. The molecule has 0 aromatic rings. The van der Waals surface area contributed by atoms with Gasteiger partial charge in [0.15, 0.2) is 0 Å². The van der Waals surface area contributed by atoms with Crippen molar-refractivity contribution in [3.05, 3.63) is 0 Å². The van der Waals surface area contributed by atoms with Crippen molar-refractivity contribution in [2.24, 2.45) is 5.92 Å². The number of nitrogens with one attached hydrogen (secondary N) is 1. The summed E-state index contributed by atoms with van der Waals surface area (Å²) >= 11 is 0. The van der Waals surface area contributed by atoms with Crippen molar-refractivity contribution >= 4 is 0 Å². The predicted molar refractivity (Wildman–Crippen MR) is 54.2 cm³/mol. The van der Waals surface area contributed by atoms with Gasteiger partial charge in [-0.1, -0.05) is 13.8 Å². The second-order valence-electron chi connectivity index (χ2n) is 4.27. The van der Waals surface area contributed by atoms with Crippen LogP contribution in [-0.2, 0) is 4.74 Å². The summed E-state index contributed by atoms with van der Waals surface area (Å²) in [4.78, 5) is 0. The van der Waals surface area contributed by atoms with E-state index in [0.717, 1.165) is 6.42 Å². The lowest BCUT2D eigenvalue weighted by Gasteiger charge is -2.23. The monoisotopic (exact) mass is 281 g/mol. The summed E-state index contributed by atoms with van der Waals surface area (Å²) in [6.07, 6.45) is -13.8. The van der Waals surface area contributed by atoms with Gasteiger partial charge in [-0.3, -0.25) is 0 Å². The van der Waals surface area contributed by atoms with Gasteiger partial charge in [0.25, 0.3) is 0 Å². The topological polar surface area (TPSA) is 21.3 Å². The molecule has 0 spiro atoms. The van der Waals surface area contributed by atoms with Crippen LogP contribution in [-0.4, -0.2) is 38.2 Å². The van der Waals surface area contributed by atoms with Crippen LogP contribution in [0.3, 0.4) is 0 Å². The first-order valence-corrected chi connectivity index (χ1v) is 5.51. The van der Waals surface area contributed by atoms with Gasteiger partial charge in [0.2, 0.25) is 6.10 Å². The molecule has 0 rings (SSSR count). The number of alkyl halides is 6. The second kappa shape index (κ2) is 7.18. The molecule has 0 aliphatic carbocycles. The summed E-state index contributed by atoms with van der Waals surface area (Å²) in [6, 6.07) is 0. The van der Waals surface area contributed by atoms with Crippen molar-refractivity contribution in [1.29, 1.82) is 0 Å². The highest BCUT2D eigenvalue weighted by atomic mass is 19.4. The van der Waals surface area contributed by atoms with Gasteiger partial charge in [-0.05, 0) is 18.9 Å². The average molecular weight is 281 g/mol. The van der Waals surface area contributed by atoms with Gasteiger partial charge in [0.05, 0.1) is 6.61 Å². The lowest BCUT2D eigenvalue weighted by Crippen LogP contribution is -2.45. The molecule has 110 valence electrons. The van der Waals surface area contributed by atoms with Gasteiger partial charge in [-0.25, -0.2) is 0 Å². The molecule has 0 aromatic carbocycles. The molecule has 0 bridgehead atoms. The van der Waals surface area contributed by atoms with Crippen molar-refractivity contribution in [2.75, 3.05) is 19.7 Å². The van der Waals surface area contributed by atoms with Crippen LogP contribution in [0.25, 0.3) is 0 Å². The molecule has 0 saturated carbocycles. The Balaban J connectivity index is 3.93. The van der Waals surface area contributed by atoms with Crippen molar-refractivity contribution in [1.82, 2.24) is 5.32 Å². The Morgan fingerprint density at radius 2 is 1.44 bits per heavy atom. The van der Waals surface area contributed by atoms with Gasteiger partial charge < -0.3 is 10.1 Å². The van der Waals surface area contributed by atoms with E-state index in [4.69, 9.17) is 0 Å². The maximum Gasteiger partial charge on any atom is 0.423 e. The van der Waals surface area contributed by atoms with Gasteiger partial charge in [0.1, 0.15) is 0 Å². The lowest BCUT2D eigenvalue weighted by atomic mass is 10.1. The fourth-order valence-corrected chi connectivity index (χ4v) is 1.14. The SMILES string of the molecule is CC(C)CCNCCOC(C(F)(F)F)C(F)(F)F. The summed E-state index contributed by atoms with van der Waals surface area (Å²) in [5.74, 6) is 0.413. The van der Waals surface area contributed by atoms with Crippen molar-refractivity contribution in [3.63, 3.8) is 0 Å².